The molecule has 1 aromatic carbocycles. The molecule has 5 nitrogen and oxygen atoms in total. The van der Waals surface area contributed by atoms with Crippen LogP contribution in [0.15, 0.2) is 24.3 Å². The van der Waals surface area contributed by atoms with Crippen molar-refractivity contribution in [2.45, 2.75) is 32.7 Å². The van der Waals surface area contributed by atoms with Crippen LogP contribution in [0.4, 0.5) is 0 Å². The monoisotopic (exact) mass is 343 g/mol. The lowest BCUT2D eigenvalue weighted by molar-refractivity contribution is -0.132. The van der Waals surface area contributed by atoms with Gasteiger partial charge in [0.25, 0.3) is 0 Å². The molecule has 0 aliphatic carbocycles. The Morgan fingerprint density at radius 1 is 1.36 bits per heavy atom. The van der Waals surface area contributed by atoms with Crippen LogP contribution in [0.3, 0.4) is 0 Å². The Morgan fingerprint density at radius 3 is 2.68 bits per heavy atom. The molecular weight excluding hydrogens is 314 g/mol. The van der Waals surface area contributed by atoms with Gasteiger partial charge in [-0.3, -0.25) is 4.79 Å². The quantitative estimate of drug-likeness (QED) is 0.700. The highest BCUT2D eigenvalue weighted by Crippen LogP contribution is 2.31. The lowest BCUT2D eigenvalue weighted by atomic mass is 9.91. The van der Waals surface area contributed by atoms with E-state index in [1.54, 1.807) is 7.11 Å². The largest absolute Gasteiger partial charge is 0.383 e. The molecule has 0 bridgehead atoms. The summed E-state index contributed by atoms with van der Waals surface area (Å²) >= 11 is 0. The van der Waals surface area contributed by atoms with Crippen molar-refractivity contribution < 1.29 is 9.53 Å². The van der Waals surface area contributed by atoms with E-state index >= 15 is 0 Å². The summed E-state index contributed by atoms with van der Waals surface area (Å²) in [4.78, 5) is 14.9. The van der Waals surface area contributed by atoms with E-state index in [1.807, 2.05) is 29.2 Å². The van der Waals surface area contributed by atoms with E-state index in [9.17, 15) is 4.79 Å². The maximum absolute atomic E-state index is 12.9. The van der Waals surface area contributed by atoms with Gasteiger partial charge in [-0.2, -0.15) is 5.26 Å². The zero-order valence-electron chi connectivity index (χ0n) is 15.5. The highest BCUT2D eigenvalue weighted by atomic mass is 16.5. The second kappa shape index (κ2) is 9.55. The van der Waals surface area contributed by atoms with E-state index < -0.39 is 0 Å². The molecule has 2 atom stereocenters. The van der Waals surface area contributed by atoms with Gasteiger partial charge >= 0.3 is 0 Å². The number of likely N-dealkylation sites (tertiary alicyclic amines) is 1. The molecule has 0 radical (unpaired) electrons. The van der Waals surface area contributed by atoms with Gasteiger partial charge in [0.2, 0.25) is 5.91 Å². The molecule has 25 heavy (non-hydrogen) atoms. The molecule has 1 aliphatic rings. The van der Waals surface area contributed by atoms with Crippen LogP contribution in [0.25, 0.3) is 0 Å². The summed E-state index contributed by atoms with van der Waals surface area (Å²) in [5.41, 5.74) is 1.69. The van der Waals surface area contributed by atoms with Gasteiger partial charge in [-0.25, -0.2) is 0 Å². The van der Waals surface area contributed by atoms with Crippen molar-refractivity contribution in [3.05, 3.63) is 35.4 Å². The maximum atomic E-state index is 12.9. The smallest absolute Gasteiger partial charge is 0.227 e. The zero-order chi connectivity index (χ0) is 18.2. The minimum atomic E-state index is -0.0584. The number of nitrogens with zero attached hydrogens (tertiary/aromatic N) is 2. The zero-order valence-corrected chi connectivity index (χ0v) is 15.5. The third kappa shape index (κ3) is 5.29. The van der Waals surface area contributed by atoms with Crippen molar-refractivity contribution >= 4 is 5.91 Å². The Kier molecular flexibility index (Phi) is 7.42. The molecule has 0 aromatic heterocycles. The first-order chi connectivity index (χ1) is 12.1. The van der Waals surface area contributed by atoms with Crippen LogP contribution in [0.2, 0.25) is 0 Å². The molecule has 0 saturated carbocycles. The summed E-state index contributed by atoms with van der Waals surface area (Å²) < 4.78 is 5.14. The van der Waals surface area contributed by atoms with Crippen molar-refractivity contribution in [2.24, 2.45) is 11.8 Å². The number of amides is 1. The topological polar surface area (TPSA) is 65.4 Å². The molecule has 1 aliphatic heterocycles. The minimum Gasteiger partial charge on any atom is -0.383 e. The number of hydrogen-bond acceptors (Lipinski definition) is 4. The average molecular weight is 343 g/mol. The normalized spacial score (nSPS) is 18.6. The number of ether oxygens (including phenoxy) is 1. The molecular formula is C20H29N3O2. The van der Waals surface area contributed by atoms with Crippen molar-refractivity contribution in [1.29, 1.82) is 5.26 Å². The molecule has 5 heteroatoms. The molecule has 1 aromatic rings. The Morgan fingerprint density at radius 2 is 2.08 bits per heavy atom. The van der Waals surface area contributed by atoms with Gasteiger partial charge in [0.05, 0.1) is 24.2 Å². The maximum Gasteiger partial charge on any atom is 0.227 e. The molecule has 136 valence electrons. The van der Waals surface area contributed by atoms with Crippen LogP contribution in [-0.4, -0.2) is 44.2 Å². The van der Waals surface area contributed by atoms with E-state index in [4.69, 9.17) is 10.00 Å². The summed E-state index contributed by atoms with van der Waals surface area (Å²) in [7, 11) is 1.67. The Labute approximate surface area is 151 Å². The van der Waals surface area contributed by atoms with Crippen molar-refractivity contribution in [3.8, 4) is 6.07 Å². The fourth-order valence-corrected chi connectivity index (χ4v) is 3.28. The fraction of sp³-hybridized carbons (Fsp3) is 0.600. The van der Waals surface area contributed by atoms with E-state index in [0.717, 1.165) is 31.5 Å². The van der Waals surface area contributed by atoms with Gasteiger partial charge in [-0.05, 0) is 36.5 Å². The molecule has 1 heterocycles. The SMILES string of the molecule is COCCN[C@@H](c1ccc(C#N)cc1)[C@H]1CCN(CCC(C)C)C1=O. The van der Waals surface area contributed by atoms with Crippen molar-refractivity contribution in [1.82, 2.24) is 10.2 Å². The molecule has 0 unspecified atom stereocenters. The number of hydrogen-bond donors (Lipinski definition) is 1. The minimum absolute atomic E-state index is 0.0422. The standard InChI is InChI=1S/C20H29N3O2/c1-15(2)8-11-23-12-9-18(20(23)24)19(22-10-13-25-3)17-6-4-16(14-21)5-7-17/h4-7,15,18-19,22H,8-13H2,1-3H3/t18-,19+/m1/s1. The number of carbonyl (C=O) groups excluding carboxylic acids is 1. The molecule has 2 rings (SSSR count). The van der Waals surface area contributed by atoms with Gasteiger partial charge < -0.3 is 15.0 Å². The second-order valence-corrected chi connectivity index (χ2v) is 7.06. The molecule has 1 saturated heterocycles. The summed E-state index contributed by atoms with van der Waals surface area (Å²) in [6, 6.07) is 9.63. The third-order valence-corrected chi connectivity index (χ3v) is 4.79. The lowest BCUT2D eigenvalue weighted by Crippen LogP contribution is -2.36. The van der Waals surface area contributed by atoms with E-state index in [0.29, 0.717) is 24.6 Å². The number of nitrogens with one attached hydrogen (secondary N) is 1. The van der Waals surface area contributed by atoms with Crippen LogP contribution in [0.5, 0.6) is 0 Å². The number of carbonyl (C=O) groups is 1. The Balaban J connectivity index is 2.11. The summed E-state index contributed by atoms with van der Waals surface area (Å²) in [6.07, 6.45) is 1.90. The van der Waals surface area contributed by atoms with Crippen molar-refractivity contribution in [3.63, 3.8) is 0 Å². The molecule has 0 spiro atoms. The summed E-state index contributed by atoms with van der Waals surface area (Å²) in [6.45, 7) is 7.33. The van der Waals surface area contributed by atoms with Crippen molar-refractivity contribution in [2.75, 3.05) is 33.4 Å². The predicted molar refractivity (Wildman–Crippen MR) is 97.9 cm³/mol. The van der Waals surface area contributed by atoms with Gasteiger partial charge in [-0.1, -0.05) is 26.0 Å². The number of methoxy groups -OCH3 is 1. The average Bonchev–Trinajstić information content (AvgIpc) is 2.98. The highest BCUT2D eigenvalue weighted by Gasteiger charge is 2.37. The van der Waals surface area contributed by atoms with Crippen LogP contribution in [0.1, 0.15) is 43.9 Å². The summed E-state index contributed by atoms with van der Waals surface area (Å²) in [5.74, 6) is 0.776. The van der Waals surface area contributed by atoms with E-state index in [2.05, 4.69) is 25.2 Å². The molecule has 1 N–H and O–H groups in total. The first kappa shape index (κ1) is 19.4. The first-order valence-corrected chi connectivity index (χ1v) is 9.08. The van der Waals surface area contributed by atoms with Crippen LogP contribution in [-0.2, 0) is 9.53 Å². The second-order valence-electron chi connectivity index (χ2n) is 7.06. The molecule has 1 fully saturated rings. The Hall–Kier alpha value is -1.90. The number of rotatable bonds is 9. The van der Waals surface area contributed by atoms with E-state index in [1.165, 1.54) is 0 Å². The molecule has 1 amide bonds. The first-order valence-electron chi connectivity index (χ1n) is 9.08. The fourth-order valence-electron chi connectivity index (χ4n) is 3.28. The lowest BCUT2D eigenvalue weighted by Gasteiger charge is -2.25. The number of benzene rings is 1. The van der Waals surface area contributed by atoms with E-state index in [-0.39, 0.29) is 17.9 Å². The summed E-state index contributed by atoms with van der Waals surface area (Å²) in [5, 5.41) is 12.5. The van der Waals surface area contributed by atoms with Crippen LogP contribution in [0, 0.1) is 23.2 Å². The predicted octanol–water partition coefficient (Wildman–Crippen LogP) is 2.73. The van der Waals surface area contributed by atoms with Crippen LogP contribution >= 0.6 is 0 Å². The van der Waals surface area contributed by atoms with Gasteiger partial charge in [0, 0.05) is 32.8 Å². The number of nitriles is 1. The third-order valence-electron chi connectivity index (χ3n) is 4.79. The van der Waals surface area contributed by atoms with Gasteiger partial charge in [0.1, 0.15) is 0 Å². The Bertz CT molecular complexity index is 592. The highest BCUT2D eigenvalue weighted by molar-refractivity contribution is 5.81. The van der Waals surface area contributed by atoms with Gasteiger partial charge in [0.15, 0.2) is 0 Å². The van der Waals surface area contributed by atoms with Gasteiger partial charge in [-0.15, -0.1) is 0 Å². The van der Waals surface area contributed by atoms with Crippen LogP contribution < -0.4 is 5.32 Å².